The lowest BCUT2D eigenvalue weighted by Gasteiger charge is -2.29. The van der Waals surface area contributed by atoms with E-state index >= 15 is 0 Å². The fourth-order valence-electron chi connectivity index (χ4n) is 3.85. The number of hydrogen-bond donors (Lipinski definition) is 1. The number of nitrogens with zero attached hydrogens (tertiary/aromatic N) is 2. The number of nitrogens with one attached hydrogen (secondary N) is 1. The molecule has 0 unspecified atom stereocenters. The third kappa shape index (κ3) is 9.34. The lowest BCUT2D eigenvalue weighted by Crippen LogP contribution is -2.48. The molecule has 0 bridgehead atoms. The standard InChI is InChI=1S/C27H36F3N3O4S/c1-5-6-16-31-26(35)21(3)32(19-22-14-12-20(2)13-15-22)25(34)11-8-17-33(38(4,36)37)24-10-7-9-23(18-24)27(28,29)30/h7,9-10,12-15,18,21H,5-6,8,11,16-17,19H2,1-4H3,(H,31,35)/t21-/m0/s1. The van der Waals surface area contributed by atoms with Gasteiger partial charge in [0.15, 0.2) is 0 Å². The van der Waals surface area contributed by atoms with Crippen LogP contribution in [0.25, 0.3) is 0 Å². The molecule has 11 heteroatoms. The molecule has 0 saturated heterocycles. The van der Waals surface area contributed by atoms with E-state index in [4.69, 9.17) is 0 Å². The van der Waals surface area contributed by atoms with Gasteiger partial charge in [-0.3, -0.25) is 13.9 Å². The molecule has 2 amide bonds. The fourth-order valence-corrected chi connectivity index (χ4v) is 4.81. The maximum atomic E-state index is 13.3. The van der Waals surface area contributed by atoms with Gasteiger partial charge in [0.25, 0.3) is 0 Å². The second-order valence-corrected chi connectivity index (χ2v) is 11.2. The van der Waals surface area contributed by atoms with E-state index in [9.17, 15) is 31.2 Å². The molecule has 0 aliphatic heterocycles. The molecule has 38 heavy (non-hydrogen) atoms. The Balaban J connectivity index is 2.19. The van der Waals surface area contributed by atoms with Crippen LogP contribution in [-0.2, 0) is 32.3 Å². The minimum Gasteiger partial charge on any atom is -0.354 e. The van der Waals surface area contributed by atoms with Gasteiger partial charge in [0.2, 0.25) is 21.8 Å². The van der Waals surface area contributed by atoms with E-state index in [0.717, 1.165) is 52.7 Å². The van der Waals surface area contributed by atoms with Crippen molar-refractivity contribution in [3.63, 3.8) is 0 Å². The van der Waals surface area contributed by atoms with Crippen LogP contribution in [0.1, 0.15) is 56.2 Å². The Kier molecular flexibility index (Phi) is 11.2. The van der Waals surface area contributed by atoms with Crippen molar-refractivity contribution in [1.82, 2.24) is 10.2 Å². The highest BCUT2D eigenvalue weighted by Gasteiger charge is 2.32. The van der Waals surface area contributed by atoms with E-state index in [1.54, 1.807) is 6.92 Å². The number of sulfonamides is 1. The Labute approximate surface area is 223 Å². The SMILES string of the molecule is CCCCNC(=O)[C@H](C)N(Cc1ccc(C)cc1)C(=O)CCCN(c1cccc(C(F)(F)F)c1)S(C)(=O)=O. The van der Waals surface area contributed by atoms with Crippen LogP contribution in [0.3, 0.4) is 0 Å². The average Bonchev–Trinajstić information content (AvgIpc) is 2.84. The van der Waals surface area contributed by atoms with Crippen LogP contribution in [0, 0.1) is 6.92 Å². The molecule has 2 rings (SSSR count). The van der Waals surface area contributed by atoms with Crippen LogP contribution in [-0.4, -0.2) is 50.5 Å². The van der Waals surface area contributed by atoms with Gasteiger partial charge in [0.05, 0.1) is 17.5 Å². The van der Waals surface area contributed by atoms with Crippen molar-refractivity contribution in [3.8, 4) is 0 Å². The second kappa shape index (κ2) is 13.6. The van der Waals surface area contributed by atoms with Crippen LogP contribution < -0.4 is 9.62 Å². The summed E-state index contributed by atoms with van der Waals surface area (Å²) in [4.78, 5) is 27.5. The van der Waals surface area contributed by atoms with E-state index in [-0.39, 0.29) is 43.4 Å². The first kappa shape index (κ1) is 31.1. The largest absolute Gasteiger partial charge is 0.416 e. The predicted octanol–water partition coefficient (Wildman–Crippen LogP) is 4.89. The summed E-state index contributed by atoms with van der Waals surface area (Å²) >= 11 is 0. The Morgan fingerprint density at radius 3 is 2.29 bits per heavy atom. The molecule has 0 aromatic heterocycles. The maximum absolute atomic E-state index is 13.3. The van der Waals surface area contributed by atoms with Crippen molar-refractivity contribution in [1.29, 1.82) is 0 Å². The quantitative estimate of drug-likeness (QED) is 0.357. The van der Waals surface area contributed by atoms with Gasteiger partial charge in [-0.25, -0.2) is 8.42 Å². The van der Waals surface area contributed by atoms with Crippen molar-refractivity contribution in [2.24, 2.45) is 0 Å². The molecular weight excluding hydrogens is 519 g/mol. The molecule has 2 aromatic carbocycles. The maximum Gasteiger partial charge on any atom is 0.416 e. The number of amides is 2. The number of anilines is 1. The third-order valence-corrected chi connectivity index (χ3v) is 7.28. The van der Waals surface area contributed by atoms with Crippen LogP contribution >= 0.6 is 0 Å². The predicted molar refractivity (Wildman–Crippen MR) is 142 cm³/mol. The summed E-state index contributed by atoms with van der Waals surface area (Å²) < 4.78 is 65.1. The summed E-state index contributed by atoms with van der Waals surface area (Å²) in [5.74, 6) is -0.651. The van der Waals surface area contributed by atoms with Crippen LogP contribution in [0.15, 0.2) is 48.5 Å². The normalized spacial score (nSPS) is 12.6. The van der Waals surface area contributed by atoms with Gasteiger partial charge < -0.3 is 10.2 Å². The molecular formula is C27H36F3N3O4S. The van der Waals surface area contributed by atoms with Gasteiger partial charge in [0.1, 0.15) is 6.04 Å². The Morgan fingerprint density at radius 1 is 1.05 bits per heavy atom. The Morgan fingerprint density at radius 2 is 1.71 bits per heavy atom. The molecule has 0 aliphatic rings. The average molecular weight is 556 g/mol. The zero-order chi connectivity index (χ0) is 28.5. The van der Waals surface area contributed by atoms with Crippen molar-refractivity contribution in [2.75, 3.05) is 23.7 Å². The zero-order valence-corrected chi connectivity index (χ0v) is 23.0. The first-order valence-electron chi connectivity index (χ1n) is 12.5. The van der Waals surface area contributed by atoms with Gasteiger partial charge in [-0.05, 0) is 50.5 Å². The smallest absolute Gasteiger partial charge is 0.354 e. The molecule has 1 N–H and O–H groups in total. The number of rotatable bonds is 13. The number of benzene rings is 2. The second-order valence-electron chi connectivity index (χ2n) is 9.31. The molecule has 0 saturated carbocycles. The Hall–Kier alpha value is -3.08. The number of unbranched alkanes of at least 4 members (excludes halogenated alkanes) is 1. The molecule has 2 aromatic rings. The minimum absolute atomic E-state index is 0.0523. The third-order valence-electron chi connectivity index (χ3n) is 6.08. The van der Waals surface area contributed by atoms with Crippen molar-refractivity contribution < 1.29 is 31.2 Å². The molecule has 0 spiro atoms. The molecule has 7 nitrogen and oxygen atoms in total. The highest BCUT2D eigenvalue weighted by molar-refractivity contribution is 7.92. The van der Waals surface area contributed by atoms with E-state index in [0.29, 0.717) is 6.54 Å². The number of alkyl halides is 3. The molecule has 0 radical (unpaired) electrons. The molecule has 210 valence electrons. The van der Waals surface area contributed by atoms with E-state index in [1.165, 1.54) is 11.0 Å². The number of halogens is 3. The molecule has 0 heterocycles. The van der Waals surface area contributed by atoms with Gasteiger partial charge in [0, 0.05) is 26.1 Å². The van der Waals surface area contributed by atoms with Gasteiger partial charge in [-0.15, -0.1) is 0 Å². The summed E-state index contributed by atoms with van der Waals surface area (Å²) in [5, 5.41) is 2.83. The summed E-state index contributed by atoms with van der Waals surface area (Å²) in [6.45, 7) is 6.06. The zero-order valence-electron chi connectivity index (χ0n) is 22.2. The van der Waals surface area contributed by atoms with Gasteiger partial charge in [-0.1, -0.05) is 49.2 Å². The topological polar surface area (TPSA) is 86.8 Å². The van der Waals surface area contributed by atoms with E-state index in [1.807, 2.05) is 38.1 Å². The molecule has 0 aliphatic carbocycles. The number of carbonyl (C=O) groups is 2. The monoisotopic (exact) mass is 555 g/mol. The molecule has 1 atom stereocenters. The first-order valence-corrected chi connectivity index (χ1v) is 14.4. The summed E-state index contributed by atoms with van der Waals surface area (Å²) in [6, 6.07) is 10.8. The van der Waals surface area contributed by atoms with Gasteiger partial charge >= 0.3 is 6.18 Å². The summed E-state index contributed by atoms with van der Waals surface area (Å²) in [6.07, 6.45) is -2.05. The number of hydrogen-bond acceptors (Lipinski definition) is 4. The van der Waals surface area contributed by atoms with Crippen molar-refractivity contribution in [3.05, 3.63) is 65.2 Å². The lowest BCUT2D eigenvalue weighted by molar-refractivity contribution is -0.140. The first-order chi connectivity index (χ1) is 17.7. The van der Waals surface area contributed by atoms with E-state index < -0.39 is 27.8 Å². The molecule has 0 fully saturated rings. The van der Waals surface area contributed by atoms with Crippen LogP contribution in [0.5, 0.6) is 0 Å². The Bertz CT molecular complexity index is 1180. The van der Waals surface area contributed by atoms with Crippen molar-refractivity contribution in [2.45, 2.75) is 65.2 Å². The summed E-state index contributed by atoms with van der Waals surface area (Å²) in [7, 11) is -3.92. The minimum atomic E-state index is -4.63. The fraction of sp³-hybridized carbons (Fsp3) is 0.481. The highest BCUT2D eigenvalue weighted by Crippen LogP contribution is 2.32. The number of carbonyl (C=O) groups excluding carboxylic acids is 2. The van der Waals surface area contributed by atoms with Crippen LogP contribution in [0.4, 0.5) is 18.9 Å². The number of aryl methyl sites for hydroxylation is 1. The lowest BCUT2D eigenvalue weighted by atomic mass is 10.1. The summed E-state index contributed by atoms with van der Waals surface area (Å²) in [5.41, 5.74) is 0.785. The van der Waals surface area contributed by atoms with Crippen molar-refractivity contribution >= 4 is 27.5 Å². The van der Waals surface area contributed by atoms with E-state index in [2.05, 4.69) is 5.32 Å². The van der Waals surface area contributed by atoms with Gasteiger partial charge in [-0.2, -0.15) is 13.2 Å². The highest BCUT2D eigenvalue weighted by atomic mass is 32.2. The van der Waals surface area contributed by atoms with Crippen LogP contribution in [0.2, 0.25) is 0 Å².